The Kier molecular flexibility index (Phi) is 11.6. The molecule has 2 N–H and O–H groups in total. The SMILES string of the molecule is COc1cc(Nc2ccccc2)ccc1[N+]#N.COc1cc(Nc2ccccc2)ccc1[N+]#N.O=S(=O)([O-])[O-]. The molecular formula is C26H24N6O6S. The van der Waals surface area contributed by atoms with Crippen LogP contribution in [0.15, 0.2) is 97.1 Å². The van der Waals surface area contributed by atoms with Gasteiger partial charge in [-0.15, -0.1) is 0 Å². The van der Waals surface area contributed by atoms with Crippen LogP contribution >= 0.6 is 0 Å². The molecule has 13 heteroatoms. The van der Waals surface area contributed by atoms with Gasteiger partial charge in [0.25, 0.3) is 0 Å². The monoisotopic (exact) mass is 548 g/mol. The molecule has 4 aromatic carbocycles. The number of nitrogens with one attached hydrogen (secondary N) is 2. The maximum Gasteiger partial charge on any atom is 0.426 e. The second-order valence-corrected chi connectivity index (χ2v) is 8.18. The number of para-hydroxylation sites is 2. The number of anilines is 4. The van der Waals surface area contributed by atoms with E-state index >= 15 is 0 Å². The first-order chi connectivity index (χ1) is 18.7. The molecule has 0 spiro atoms. The van der Waals surface area contributed by atoms with E-state index in [4.69, 9.17) is 37.8 Å². The first-order valence-corrected chi connectivity index (χ1v) is 12.4. The molecule has 0 amide bonds. The van der Waals surface area contributed by atoms with Crippen LogP contribution in [0.1, 0.15) is 0 Å². The van der Waals surface area contributed by atoms with Crippen LogP contribution in [0.5, 0.6) is 11.5 Å². The molecule has 0 radical (unpaired) electrons. The standard InChI is InChI=1S/2C13H12N3O.H2O4S/c2*1-17-13-9-11(7-8-12(13)16-14)15-10-5-3-2-4-6-10;1-5(2,3)4/h2*2-9,15H,1H3;(H2,1,2,3,4)/q2*+1;/p-2. The first kappa shape index (κ1) is 30.0. The Balaban J connectivity index is 0.000000234. The van der Waals surface area contributed by atoms with Crippen molar-refractivity contribution in [2.24, 2.45) is 0 Å². The molecule has 4 rings (SSSR count). The fourth-order valence-corrected chi connectivity index (χ4v) is 3.05. The van der Waals surface area contributed by atoms with Gasteiger partial charge in [-0.05, 0) is 36.4 Å². The molecule has 200 valence electrons. The average molecular weight is 549 g/mol. The van der Waals surface area contributed by atoms with E-state index in [2.05, 4.69) is 20.6 Å². The fourth-order valence-electron chi connectivity index (χ4n) is 3.05. The summed E-state index contributed by atoms with van der Waals surface area (Å²) in [6.07, 6.45) is 0. The van der Waals surface area contributed by atoms with E-state index in [-0.39, 0.29) is 0 Å². The van der Waals surface area contributed by atoms with Crippen molar-refractivity contribution in [3.05, 3.63) is 107 Å². The molecule has 12 nitrogen and oxygen atoms in total. The van der Waals surface area contributed by atoms with Crippen molar-refractivity contribution in [3.63, 3.8) is 0 Å². The number of hydrogen-bond donors (Lipinski definition) is 2. The summed E-state index contributed by atoms with van der Waals surface area (Å²) in [5, 5.41) is 24.0. The second-order valence-electron chi connectivity index (χ2n) is 7.36. The normalized spacial score (nSPS) is 9.69. The minimum Gasteiger partial charge on any atom is -0.759 e. The van der Waals surface area contributed by atoms with Gasteiger partial charge in [0.05, 0.1) is 14.2 Å². The Hall–Kier alpha value is -5.21. The molecule has 0 unspecified atom stereocenters. The number of methoxy groups -OCH3 is 2. The summed E-state index contributed by atoms with van der Waals surface area (Å²) in [7, 11) is -2.09. The van der Waals surface area contributed by atoms with Crippen molar-refractivity contribution in [2.45, 2.75) is 0 Å². The highest BCUT2D eigenvalue weighted by molar-refractivity contribution is 7.79. The highest BCUT2D eigenvalue weighted by Gasteiger charge is 2.15. The molecule has 0 heterocycles. The molecule has 0 aliphatic rings. The summed E-state index contributed by atoms with van der Waals surface area (Å²) >= 11 is 0. The third-order valence-electron chi connectivity index (χ3n) is 4.70. The van der Waals surface area contributed by atoms with E-state index in [9.17, 15) is 0 Å². The lowest BCUT2D eigenvalue weighted by Gasteiger charge is -2.06. The Morgan fingerprint density at radius 3 is 1.23 bits per heavy atom. The molecule has 0 aromatic heterocycles. The van der Waals surface area contributed by atoms with Crippen molar-refractivity contribution in [3.8, 4) is 11.5 Å². The average Bonchev–Trinajstić information content (AvgIpc) is 2.93. The van der Waals surface area contributed by atoms with Crippen LogP contribution in [0.3, 0.4) is 0 Å². The maximum atomic E-state index is 8.75. The maximum absolute atomic E-state index is 8.75. The van der Waals surface area contributed by atoms with Crippen LogP contribution in [0.4, 0.5) is 34.1 Å². The molecule has 0 bridgehead atoms. The van der Waals surface area contributed by atoms with E-state index in [1.54, 1.807) is 24.3 Å². The molecule has 0 fully saturated rings. The zero-order chi connectivity index (χ0) is 28.7. The van der Waals surface area contributed by atoms with Crippen molar-refractivity contribution in [1.82, 2.24) is 0 Å². The van der Waals surface area contributed by atoms with E-state index in [1.807, 2.05) is 72.8 Å². The summed E-state index contributed by atoms with van der Waals surface area (Å²) in [5.41, 5.74) is 4.55. The lowest BCUT2D eigenvalue weighted by molar-refractivity contribution is 0.352. The number of hydrogen-bond acceptors (Lipinski definition) is 10. The second kappa shape index (κ2) is 15.1. The lowest BCUT2D eigenvalue weighted by atomic mass is 10.2. The molecule has 0 saturated heterocycles. The van der Waals surface area contributed by atoms with Crippen molar-refractivity contribution in [2.75, 3.05) is 24.9 Å². The first-order valence-electron chi connectivity index (χ1n) is 11.0. The zero-order valence-corrected chi connectivity index (χ0v) is 21.7. The van der Waals surface area contributed by atoms with E-state index < -0.39 is 10.4 Å². The van der Waals surface area contributed by atoms with Gasteiger partial charge in [0.2, 0.25) is 22.3 Å². The summed E-state index contributed by atoms with van der Waals surface area (Å²) in [4.78, 5) is 6.27. The summed E-state index contributed by atoms with van der Waals surface area (Å²) < 4.78 is 44.3. The Bertz CT molecular complexity index is 1430. The number of rotatable bonds is 6. The summed E-state index contributed by atoms with van der Waals surface area (Å²) in [6.45, 7) is 0. The van der Waals surface area contributed by atoms with Gasteiger partial charge >= 0.3 is 11.4 Å². The van der Waals surface area contributed by atoms with Gasteiger partial charge in [0, 0.05) is 57.4 Å². The van der Waals surface area contributed by atoms with Gasteiger partial charge in [-0.1, -0.05) is 36.4 Å². The number of nitrogens with zero attached hydrogens (tertiary/aromatic N) is 4. The van der Waals surface area contributed by atoms with Crippen LogP contribution in [0, 0.1) is 10.8 Å². The van der Waals surface area contributed by atoms with Gasteiger partial charge in [-0.25, -0.2) is 0 Å². The van der Waals surface area contributed by atoms with Gasteiger partial charge in [0.1, 0.15) is 0 Å². The number of benzene rings is 4. The topological polar surface area (TPSA) is 179 Å². The van der Waals surface area contributed by atoms with Crippen LogP contribution in [-0.4, -0.2) is 31.7 Å². The predicted octanol–water partition coefficient (Wildman–Crippen LogP) is 6.51. The smallest absolute Gasteiger partial charge is 0.426 e. The summed E-state index contributed by atoms with van der Waals surface area (Å²) in [6, 6.07) is 30.2. The zero-order valence-electron chi connectivity index (χ0n) is 20.9. The van der Waals surface area contributed by atoms with Gasteiger partial charge in [-0.3, -0.25) is 8.42 Å². The van der Waals surface area contributed by atoms with Gasteiger partial charge < -0.3 is 29.2 Å². The lowest BCUT2D eigenvalue weighted by Crippen LogP contribution is -1.91. The number of ether oxygens (including phenoxy) is 2. The molecule has 0 aliphatic carbocycles. The van der Waals surface area contributed by atoms with E-state index in [0.717, 1.165) is 22.7 Å². The van der Waals surface area contributed by atoms with Crippen LogP contribution in [0.2, 0.25) is 0 Å². The van der Waals surface area contributed by atoms with Crippen molar-refractivity contribution < 1.29 is 27.0 Å². The van der Waals surface area contributed by atoms with Crippen molar-refractivity contribution >= 4 is 44.5 Å². The quantitative estimate of drug-likeness (QED) is 0.153. The Morgan fingerprint density at radius 2 is 0.949 bits per heavy atom. The predicted molar refractivity (Wildman–Crippen MR) is 145 cm³/mol. The highest BCUT2D eigenvalue weighted by atomic mass is 32.3. The third-order valence-corrected chi connectivity index (χ3v) is 4.70. The van der Waals surface area contributed by atoms with E-state index in [1.165, 1.54) is 14.2 Å². The van der Waals surface area contributed by atoms with Crippen molar-refractivity contribution in [1.29, 1.82) is 10.8 Å². The van der Waals surface area contributed by atoms with Gasteiger partial charge in [0.15, 0.2) is 9.95 Å². The van der Waals surface area contributed by atoms with Crippen LogP contribution in [0.25, 0.3) is 9.95 Å². The molecule has 39 heavy (non-hydrogen) atoms. The fraction of sp³-hybridized carbons (Fsp3) is 0.0769. The van der Waals surface area contributed by atoms with Crippen LogP contribution in [-0.2, 0) is 10.4 Å². The molecule has 0 atom stereocenters. The highest BCUT2D eigenvalue weighted by Crippen LogP contribution is 2.32. The minimum atomic E-state index is -5.17. The summed E-state index contributed by atoms with van der Waals surface area (Å²) in [5.74, 6) is 1.04. The molecule has 4 aromatic rings. The molecule has 0 aliphatic heterocycles. The third kappa shape index (κ3) is 11.2. The number of diazo groups is 2. The Labute approximate surface area is 225 Å². The van der Waals surface area contributed by atoms with Gasteiger partial charge in [-0.2, -0.15) is 0 Å². The minimum absolute atomic E-state index is 0.408. The largest absolute Gasteiger partial charge is 0.759 e. The molecule has 0 saturated carbocycles. The molecular weight excluding hydrogens is 524 g/mol. The van der Waals surface area contributed by atoms with E-state index in [0.29, 0.717) is 22.9 Å². The Morgan fingerprint density at radius 1 is 0.615 bits per heavy atom. The van der Waals surface area contributed by atoms with Crippen LogP contribution < -0.4 is 20.1 Å².